The fraction of sp³-hybridized carbons (Fsp3) is 0.500. The van der Waals surface area contributed by atoms with Crippen molar-refractivity contribution >= 4 is 23.8 Å². The topological polar surface area (TPSA) is 89.5 Å². The fourth-order valence-electron chi connectivity index (χ4n) is 1.76. The van der Waals surface area contributed by atoms with Gasteiger partial charge in [0.05, 0.1) is 18.6 Å². The lowest BCUT2D eigenvalue weighted by Gasteiger charge is -2.26. The van der Waals surface area contributed by atoms with Gasteiger partial charge in [-0.05, 0) is 0 Å². The molecule has 0 saturated carbocycles. The number of hydrogen-bond acceptors (Lipinski definition) is 4. The summed E-state index contributed by atoms with van der Waals surface area (Å²) >= 11 is 1.45. The van der Waals surface area contributed by atoms with Crippen LogP contribution in [0.25, 0.3) is 0 Å². The molecule has 2 N–H and O–H groups in total. The van der Waals surface area contributed by atoms with E-state index in [-0.39, 0.29) is 6.03 Å². The number of nitrogens with one attached hydrogen (secondary N) is 1. The van der Waals surface area contributed by atoms with Crippen LogP contribution in [0.15, 0.2) is 12.4 Å². The number of aromatic nitrogens is 2. The number of nitrogens with zero attached hydrogens (tertiary/aromatic N) is 3. The van der Waals surface area contributed by atoms with Crippen molar-refractivity contribution in [3.05, 3.63) is 18.0 Å². The highest BCUT2D eigenvalue weighted by Crippen LogP contribution is 2.22. The average Bonchev–Trinajstić information content (AvgIpc) is 2.97. The summed E-state index contributed by atoms with van der Waals surface area (Å²) in [5, 5.41) is 15.5. The zero-order chi connectivity index (χ0) is 13.1. The highest BCUT2D eigenvalue weighted by Gasteiger charge is 2.35. The predicted octanol–water partition coefficient (Wildman–Crippen LogP) is 0.421. The zero-order valence-corrected chi connectivity index (χ0v) is 10.7. The van der Waals surface area contributed by atoms with Crippen molar-refractivity contribution < 1.29 is 14.7 Å². The summed E-state index contributed by atoms with van der Waals surface area (Å²) < 4.78 is 0. The number of aromatic amines is 1. The number of carboxylic acids is 1. The van der Waals surface area contributed by atoms with Crippen LogP contribution in [0.3, 0.4) is 0 Å². The Hall–Kier alpha value is -1.70. The average molecular weight is 270 g/mol. The molecule has 1 atom stereocenters. The lowest BCUT2D eigenvalue weighted by atomic mass is 10.3. The first-order chi connectivity index (χ1) is 8.59. The molecule has 7 nitrogen and oxygen atoms in total. The maximum Gasteiger partial charge on any atom is 0.327 e. The number of carbonyl (C=O) groups excluding carboxylic acids is 1. The van der Waals surface area contributed by atoms with Crippen LogP contribution >= 0.6 is 11.8 Å². The number of carboxylic acid groups (broad SMARTS) is 1. The van der Waals surface area contributed by atoms with Gasteiger partial charge in [-0.25, -0.2) is 9.59 Å². The zero-order valence-electron chi connectivity index (χ0n) is 9.87. The van der Waals surface area contributed by atoms with Crippen LogP contribution < -0.4 is 0 Å². The number of carbonyl (C=O) groups is 2. The molecule has 1 unspecified atom stereocenters. The van der Waals surface area contributed by atoms with E-state index in [0.29, 0.717) is 18.2 Å². The van der Waals surface area contributed by atoms with Gasteiger partial charge in [0.15, 0.2) is 0 Å². The molecule has 1 aromatic rings. The van der Waals surface area contributed by atoms with Crippen molar-refractivity contribution in [3.63, 3.8) is 0 Å². The summed E-state index contributed by atoms with van der Waals surface area (Å²) in [6.45, 7) is 0.406. The minimum atomic E-state index is -0.954. The van der Waals surface area contributed by atoms with Crippen molar-refractivity contribution in [2.75, 3.05) is 18.7 Å². The van der Waals surface area contributed by atoms with Gasteiger partial charge in [0.1, 0.15) is 6.04 Å². The van der Waals surface area contributed by atoms with E-state index < -0.39 is 12.0 Å². The summed E-state index contributed by atoms with van der Waals surface area (Å²) in [6, 6.07) is -0.997. The molecule has 1 aromatic heterocycles. The summed E-state index contributed by atoms with van der Waals surface area (Å²) in [6.07, 6.45) is 3.34. The Morgan fingerprint density at radius 3 is 3.11 bits per heavy atom. The third-order valence-corrected chi connectivity index (χ3v) is 3.73. The smallest absolute Gasteiger partial charge is 0.327 e. The maximum absolute atomic E-state index is 12.1. The van der Waals surface area contributed by atoms with Crippen LogP contribution in [-0.4, -0.2) is 61.8 Å². The van der Waals surface area contributed by atoms with Gasteiger partial charge in [-0.1, -0.05) is 0 Å². The van der Waals surface area contributed by atoms with Gasteiger partial charge in [-0.2, -0.15) is 5.10 Å². The number of hydrogen-bond donors (Lipinski definition) is 2. The molecule has 1 fully saturated rings. The van der Waals surface area contributed by atoms with Crippen molar-refractivity contribution in [3.8, 4) is 0 Å². The highest BCUT2D eigenvalue weighted by atomic mass is 32.2. The minimum Gasteiger partial charge on any atom is -0.480 e. The second-order valence-corrected chi connectivity index (χ2v) is 5.07. The summed E-state index contributed by atoms with van der Waals surface area (Å²) in [7, 11) is 1.65. The van der Waals surface area contributed by atoms with E-state index in [2.05, 4.69) is 10.2 Å². The van der Waals surface area contributed by atoms with Crippen molar-refractivity contribution in [1.29, 1.82) is 0 Å². The minimum absolute atomic E-state index is 0.270. The number of thioether (sulfide) groups is 1. The lowest BCUT2D eigenvalue weighted by Crippen LogP contribution is -2.47. The van der Waals surface area contributed by atoms with Crippen molar-refractivity contribution in [2.45, 2.75) is 12.6 Å². The van der Waals surface area contributed by atoms with Gasteiger partial charge in [-0.3, -0.25) is 5.10 Å². The van der Waals surface area contributed by atoms with Gasteiger partial charge in [0, 0.05) is 24.6 Å². The Labute approximate surface area is 108 Å². The van der Waals surface area contributed by atoms with Crippen molar-refractivity contribution in [2.24, 2.45) is 0 Å². The molecule has 98 valence electrons. The van der Waals surface area contributed by atoms with Crippen LogP contribution in [0.5, 0.6) is 0 Å². The fourth-order valence-corrected chi connectivity index (χ4v) is 2.90. The molecule has 1 saturated heterocycles. The van der Waals surface area contributed by atoms with Crippen LogP contribution in [0.1, 0.15) is 5.56 Å². The standard InChI is InChI=1S/C10H14N4O3S/c1-13(4-7-2-11-12-3-7)10(17)14-6-18-5-8(14)9(15)16/h2-3,8H,4-6H2,1H3,(H,11,12)(H,15,16). The van der Waals surface area contributed by atoms with E-state index in [0.717, 1.165) is 5.56 Å². The Morgan fingerprint density at radius 2 is 2.50 bits per heavy atom. The molecule has 2 amide bonds. The summed E-state index contributed by atoms with van der Waals surface area (Å²) in [5.41, 5.74) is 0.879. The Bertz CT molecular complexity index is 436. The molecule has 2 rings (SSSR count). The van der Waals surface area contributed by atoms with Gasteiger partial charge in [0.25, 0.3) is 0 Å². The third kappa shape index (κ3) is 2.58. The van der Waals surface area contributed by atoms with E-state index in [1.807, 2.05) is 0 Å². The SMILES string of the molecule is CN(Cc1cn[nH]c1)C(=O)N1CSCC1C(=O)O. The molecular formula is C10H14N4O3S. The first kappa shape index (κ1) is 12.7. The van der Waals surface area contributed by atoms with E-state index >= 15 is 0 Å². The van der Waals surface area contributed by atoms with Crippen LogP contribution in [0.2, 0.25) is 0 Å². The second kappa shape index (κ2) is 5.30. The summed E-state index contributed by atoms with van der Waals surface area (Å²) in [5.74, 6) is -0.0864. The number of H-pyrrole nitrogens is 1. The predicted molar refractivity (Wildman–Crippen MR) is 66.0 cm³/mol. The molecule has 0 radical (unpaired) electrons. The van der Waals surface area contributed by atoms with Crippen LogP contribution in [0, 0.1) is 0 Å². The van der Waals surface area contributed by atoms with Gasteiger partial charge >= 0.3 is 12.0 Å². The Morgan fingerprint density at radius 1 is 1.72 bits per heavy atom. The molecule has 0 bridgehead atoms. The molecule has 1 aliphatic rings. The van der Waals surface area contributed by atoms with Crippen LogP contribution in [-0.2, 0) is 11.3 Å². The molecule has 2 heterocycles. The molecule has 18 heavy (non-hydrogen) atoms. The van der Waals surface area contributed by atoms with E-state index in [1.54, 1.807) is 19.4 Å². The second-order valence-electron chi connectivity index (χ2n) is 4.07. The monoisotopic (exact) mass is 270 g/mol. The first-order valence-corrected chi connectivity index (χ1v) is 6.55. The number of rotatable bonds is 3. The molecular weight excluding hydrogens is 256 g/mol. The van der Waals surface area contributed by atoms with Crippen molar-refractivity contribution in [1.82, 2.24) is 20.0 Å². The Kier molecular flexibility index (Phi) is 3.75. The lowest BCUT2D eigenvalue weighted by molar-refractivity contribution is -0.140. The summed E-state index contributed by atoms with van der Waals surface area (Å²) in [4.78, 5) is 26.0. The van der Waals surface area contributed by atoms with Gasteiger partial charge in [0.2, 0.25) is 0 Å². The molecule has 0 aromatic carbocycles. The maximum atomic E-state index is 12.1. The van der Waals surface area contributed by atoms with E-state index in [9.17, 15) is 9.59 Å². The van der Waals surface area contributed by atoms with E-state index in [1.165, 1.54) is 21.6 Å². The van der Waals surface area contributed by atoms with Gasteiger partial charge in [-0.15, -0.1) is 11.8 Å². The molecule has 1 aliphatic heterocycles. The van der Waals surface area contributed by atoms with Crippen LogP contribution in [0.4, 0.5) is 4.79 Å². The first-order valence-electron chi connectivity index (χ1n) is 5.39. The quantitative estimate of drug-likeness (QED) is 0.831. The Balaban J connectivity index is 1.99. The third-order valence-electron chi connectivity index (χ3n) is 2.71. The molecule has 8 heteroatoms. The van der Waals surface area contributed by atoms with Gasteiger partial charge < -0.3 is 14.9 Å². The number of urea groups is 1. The number of amides is 2. The number of aliphatic carboxylic acids is 1. The van der Waals surface area contributed by atoms with E-state index in [4.69, 9.17) is 5.11 Å². The molecule has 0 spiro atoms. The highest BCUT2D eigenvalue weighted by molar-refractivity contribution is 7.99. The molecule has 0 aliphatic carbocycles. The normalized spacial score (nSPS) is 18.9. The largest absolute Gasteiger partial charge is 0.480 e.